The molecule has 1 aromatic rings. The molecule has 0 saturated heterocycles. The Labute approximate surface area is 119 Å². The normalized spacial score (nSPS) is 11.7. The first-order valence-corrected chi connectivity index (χ1v) is 6.57. The van der Waals surface area contributed by atoms with Gasteiger partial charge in [0.25, 0.3) is 0 Å². The second-order valence-corrected chi connectivity index (χ2v) is 4.45. The van der Waals surface area contributed by atoms with Crippen LogP contribution in [0.2, 0.25) is 0 Å². The van der Waals surface area contributed by atoms with Gasteiger partial charge in [-0.15, -0.1) is 0 Å². The molecular formula is C15H21NO4. The molecular weight excluding hydrogens is 258 g/mol. The molecule has 110 valence electrons. The van der Waals surface area contributed by atoms with Gasteiger partial charge in [0, 0.05) is 7.11 Å². The fourth-order valence-electron chi connectivity index (χ4n) is 1.91. The lowest BCUT2D eigenvalue weighted by Crippen LogP contribution is -2.43. The number of methoxy groups -OCH3 is 2. The molecule has 0 fully saturated rings. The number of amides is 1. The molecule has 1 rings (SSSR count). The summed E-state index contributed by atoms with van der Waals surface area (Å²) in [5.74, 6) is -0.745. The maximum atomic E-state index is 11.6. The number of esters is 1. The van der Waals surface area contributed by atoms with Gasteiger partial charge in [0.15, 0.2) is 0 Å². The van der Waals surface area contributed by atoms with E-state index in [2.05, 4.69) is 5.32 Å². The molecule has 0 spiro atoms. The summed E-state index contributed by atoms with van der Waals surface area (Å²) in [4.78, 5) is 23.1. The molecule has 0 unspecified atom stereocenters. The van der Waals surface area contributed by atoms with Crippen molar-refractivity contribution >= 4 is 11.9 Å². The summed E-state index contributed by atoms with van der Waals surface area (Å²) in [6.07, 6.45) is 2.18. The number of rotatable bonds is 8. The van der Waals surface area contributed by atoms with Gasteiger partial charge in [0.2, 0.25) is 5.91 Å². The summed E-state index contributed by atoms with van der Waals surface area (Å²) in [6.45, 7) is -0.0633. The molecule has 1 aromatic carbocycles. The predicted octanol–water partition coefficient (Wildman–Crippen LogP) is 1.31. The van der Waals surface area contributed by atoms with E-state index < -0.39 is 12.0 Å². The Morgan fingerprint density at radius 3 is 2.50 bits per heavy atom. The number of benzene rings is 1. The van der Waals surface area contributed by atoms with Crippen LogP contribution in [0.3, 0.4) is 0 Å². The SMILES string of the molecule is COCC(=O)N[C@H](CCCc1ccccc1)C(=O)OC. The Morgan fingerprint density at radius 1 is 1.20 bits per heavy atom. The lowest BCUT2D eigenvalue weighted by Gasteiger charge is -2.16. The van der Waals surface area contributed by atoms with E-state index in [0.29, 0.717) is 6.42 Å². The third kappa shape index (κ3) is 5.84. The van der Waals surface area contributed by atoms with Crippen molar-refractivity contribution in [1.82, 2.24) is 5.32 Å². The van der Waals surface area contributed by atoms with Crippen LogP contribution in [0, 0.1) is 0 Å². The average molecular weight is 279 g/mol. The van der Waals surface area contributed by atoms with Crippen LogP contribution in [0.25, 0.3) is 0 Å². The first kappa shape index (κ1) is 16.2. The number of ether oxygens (including phenoxy) is 2. The largest absolute Gasteiger partial charge is 0.467 e. The van der Waals surface area contributed by atoms with Gasteiger partial charge in [-0.1, -0.05) is 30.3 Å². The van der Waals surface area contributed by atoms with Crippen LogP contribution in [-0.4, -0.2) is 38.7 Å². The molecule has 1 amide bonds. The van der Waals surface area contributed by atoms with Crippen LogP contribution in [0.15, 0.2) is 30.3 Å². The highest BCUT2D eigenvalue weighted by Gasteiger charge is 2.20. The standard InChI is InChI=1S/C15H21NO4/c1-19-11-14(17)16-13(15(18)20-2)10-6-9-12-7-4-3-5-8-12/h3-5,7-8,13H,6,9-11H2,1-2H3,(H,16,17)/t13-/m1/s1. The summed E-state index contributed by atoms with van der Waals surface area (Å²) in [6, 6.07) is 9.38. The fraction of sp³-hybridized carbons (Fsp3) is 0.467. The highest BCUT2D eigenvalue weighted by molar-refractivity contribution is 5.84. The Kier molecular flexibility index (Phi) is 7.35. The lowest BCUT2D eigenvalue weighted by atomic mass is 10.0. The van der Waals surface area contributed by atoms with Gasteiger partial charge < -0.3 is 14.8 Å². The van der Waals surface area contributed by atoms with Crippen molar-refractivity contribution in [2.24, 2.45) is 0 Å². The topological polar surface area (TPSA) is 64.6 Å². The number of aryl methyl sites for hydroxylation is 1. The molecule has 0 radical (unpaired) electrons. The van der Waals surface area contributed by atoms with E-state index in [9.17, 15) is 9.59 Å². The van der Waals surface area contributed by atoms with Crippen LogP contribution in [-0.2, 0) is 25.5 Å². The minimum absolute atomic E-state index is 0.0633. The first-order valence-electron chi connectivity index (χ1n) is 6.57. The van der Waals surface area contributed by atoms with Crippen molar-refractivity contribution < 1.29 is 19.1 Å². The monoisotopic (exact) mass is 279 g/mol. The van der Waals surface area contributed by atoms with Crippen LogP contribution >= 0.6 is 0 Å². The Hall–Kier alpha value is -1.88. The maximum Gasteiger partial charge on any atom is 0.328 e. The van der Waals surface area contributed by atoms with Crippen molar-refractivity contribution in [2.45, 2.75) is 25.3 Å². The first-order chi connectivity index (χ1) is 9.67. The zero-order valence-corrected chi connectivity index (χ0v) is 11.9. The molecule has 5 heteroatoms. The smallest absolute Gasteiger partial charge is 0.328 e. The minimum atomic E-state index is -0.619. The van der Waals surface area contributed by atoms with Crippen molar-refractivity contribution in [3.63, 3.8) is 0 Å². The summed E-state index contributed by atoms with van der Waals surface area (Å²) < 4.78 is 9.43. The highest BCUT2D eigenvalue weighted by atomic mass is 16.5. The van der Waals surface area contributed by atoms with Crippen LogP contribution in [0.4, 0.5) is 0 Å². The number of nitrogens with one attached hydrogen (secondary N) is 1. The molecule has 20 heavy (non-hydrogen) atoms. The lowest BCUT2D eigenvalue weighted by molar-refractivity contribution is -0.145. The van der Waals surface area contributed by atoms with E-state index in [0.717, 1.165) is 12.8 Å². The average Bonchev–Trinajstić information content (AvgIpc) is 2.46. The van der Waals surface area contributed by atoms with Gasteiger partial charge in [-0.2, -0.15) is 0 Å². The van der Waals surface area contributed by atoms with E-state index >= 15 is 0 Å². The van der Waals surface area contributed by atoms with E-state index in [1.165, 1.54) is 19.8 Å². The summed E-state index contributed by atoms with van der Waals surface area (Å²) in [5.41, 5.74) is 1.21. The predicted molar refractivity (Wildman–Crippen MR) is 75.2 cm³/mol. The van der Waals surface area contributed by atoms with Crippen molar-refractivity contribution in [3.05, 3.63) is 35.9 Å². The molecule has 0 bridgehead atoms. The van der Waals surface area contributed by atoms with E-state index in [4.69, 9.17) is 9.47 Å². The molecule has 0 heterocycles. The van der Waals surface area contributed by atoms with Crippen molar-refractivity contribution in [1.29, 1.82) is 0 Å². The number of carbonyl (C=O) groups is 2. The molecule has 1 N–H and O–H groups in total. The third-order valence-corrected chi connectivity index (χ3v) is 2.90. The minimum Gasteiger partial charge on any atom is -0.467 e. The van der Waals surface area contributed by atoms with E-state index in [1.54, 1.807) is 0 Å². The van der Waals surface area contributed by atoms with Gasteiger partial charge in [0.05, 0.1) is 7.11 Å². The zero-order chi connectivity index (χ0) is 14.8. The van der Waals surface area contributed by atoms with E-state index in [-0.39, 0.29) is 12.5 Å². The second kappa shape index (κ2) is 9.09. The quantitative estimate of drug-likeness (QED) is 0.729. The highest BCUT2D eigenvalue weighted by Crippen LogP contribution is 2.07. The van der Waals surface area contributed by atoms with Gasteiger partial charge >= 0.3 is 5.97 Å². The third-order valence-electron chi connectivity index (χ3n) is 2.90. The van der Waals surface area contributed by atoms with E-state index in [1.807, 2.05) is 30.3 Å². The van der Waals surface area contributed by atoms with Gasteiger partial charge in [0.1, 0.15) is 12.6 Å². The molecule has 0 aromatic heterocycles. The Balaban J connectivity index is 2.44. The Morgan fingerprint density at radius 2 is 1.90 bits per heavy atom. The Bertz CT molecular complexity index is 419. The summed E-state index contributed by atoms with van der Waals surface area (Å²) >= 11 is 0. The fourth-order valence-corrected chi connectivity index (χ4v) is 1.91. The molecule has 0 aliphatic heterocycles. The number of hydrogen-bond donors (Lipinski definition) is 1. The van der Waals surface area contributed by atoms with Gasteiger partial charge in [-0.25, -0.2) is 4.79 Å². The van der Waals surface area contributed by atoms with Crippen LogP contribution in [0.5, 0.6) is 0 Å². The maximum absolute atomic E-state index is 11.6. The molecule has 1 atom stereocenters. The second-order valence-electron chi connectivity index (χ2n) is 4.45. The van der Waals surface area contributed by atoms with Crippen molar-refractivity contribution in [3.8, 4) is 0 Å². The number of carbonyl (C=O) groups excluding carboxylic acids is 2. The summed E-state index contributed by atoms with van der Waals surface area (Å²) in [7, 11) is 2.75. The summed E-state index contributed by atoms with van der Waals surface area (Å²) in [5, 5.41) is 2.62. The molecule has 5 nitrogen and oxygen atoms in total. The molecule has 0 aliphatic rings. The van der Waals surface area contributed by atoms with Gasteiger partial charge in [-0.3, -0.25) is 4.79 Å². The molecule has 0 saturated carbocycles. The van der Waals surface area contributed by atoms with Crippen LogP contribution < -0.4 is 5.32 Å². The van der Waals surface area contributed by atoms with Crippen molar-refractivity contribution in [2.75, 3.05) is 20.8 Å². The number of hydrogen-bond acceptors (Lipinski definition) is 4. The molecule has 0 aliphatic carbocycles. The van der Waals surface area contributed by atoms with Crippen LogP contribution in [0.1, 0.15) is 18.4 Å². The van der Waals surface area contributed by atoms with Gasteiger partial charge in [-0.05, 0) is 24.8 Å². The zero-order valence-electron chi connectivity index (χ0n) is 11.9.